The summed E-state index contributed by atoms with van der Waals surface area (Å²) in [4.78, 5) is 15.0. The van der Waals surface area contributed by atoms with Crippen molar-refractivity contribution in [1.29, 1.82) is 0 Å². The summed E-state index contributed by atoms with van der Waals surface area (Å²) in [6, 6.07) is 2.57. The summed E-state index contributed by atoms with van der Waals surface area (Å²) >= 11 is 0. The lowest BCUT2D eigenvalue weighted by Gasteiger charge is -2.32. The average Bonchev–Trinajstić information content (AvgIpc) is 3.56. The molecule has 0 radical (unpaired) electrons. The molecule has 7 heteroatoms. The van der Waals surface area contributed by atoms with Gasteiger partial charge in [-0.05, 0) is 44.6 Å². The van der Waals surface area contributed by atoms with Gasteiger partial charge >= 0.3 is 0 Å². The summed E-state index contributed by atoms with van der Waals surface area (Å²) < 4.78 is 3.99. The molecule has 3 heterocycles. The number of nitrogens with zero attached hydrogens (tertiary/aromatic N) is 6. The average molecular weight is 340 g/mol. The minimum Gasteiger partial charge on any atom is -0.337 e. The van der Waals surface area contributed by atoms with E-state index in [2.05, 4.69) is 19.9 Å². The Morgan fingerprint density at radius 2 is 2.00 bits per heavy atom. The summed E-state index contributed by atoms with van der Waals surface area (Å²) in [6.45, 7) is 1.55. The van der Waals surface area contributed by atoms with E-state index in [-0.39, 0.29) is 11.8 Å². The first-order valence-corrected chi connectivity index (χ1v) is 9.43. The Labute approximate surface area is 147 Å². The molecular weight excluding hydrogens is 316 g/mol. The second-order valence-electron chi connectivity index (χ2n) is 7.77. The standard InChI is InChI=1S/C18H24N6O/c1-22-16(9-15(21-22)12-4-5-12)18(25)23-8-2-3-13(10-23)17-20-19-11-24(17)14-6-7-14/h9,11-14H,2-8,10H2,1H3. The van der Waals surface area contributed by atoms with Crippen molar-refractivity contribution >= 4 is 5.91 Å². The van der Waals surface area contributed by atoms with Crippen LogP contribution in [0.15, 0.2) is 12.4 Å². The highest BCUT2D eigenvalue weighted by Crippen LogP contribution is 2.40. The Morgan fingerprint density at radius 3 is 2.76 bits per heavy atom. The van der Waals surface area contributed by atoms with E-state index in [0.717, 1.165) is 37.4 Å². The Bertz CT molecular complexity index is 800. The molecule has 25 heavy (non-hydrogen) atoms. The van der Waals surface area contributed by atoms with Crippen LogP contribution in [-0.4, -0.2) is 48.4 Å². The first-order valence-electron chi connectivity index (χ1n) is 9.43. The van der Waals surface area contributed by atoms with Gasteiger partial charge in [-0.25, -0.2) is 0 Å². The molecule has 7 nitrogen and oxygen atoms in total. The number of rotatable bonds is 4. The highest BCUT2D eigenvalue weighted by molar-refractivity contribution is 5.92. The van der Waals surface area contributed by atoms with Gasteiger partial charge in [0.15, 0.2) is 0 Å². The predicted molar refractivity (Wildman–Crippen MR) is 91.4 cm³/mol. The number of likely N-dealkylation sites (tertiary alicyclic amines) is 1. The summed E-state index contributed by atoms with van der Waals surface area (Å²) in [5.41, 5.74) is 1.79. The lowest BCUT2D eigenvalue weighted by atomic mass is 9.96. The van der Waals surface area contributed by atoms with Gasteiger partial charge in [-0.1, -0.05) is 0 Å². The molecule has 0 spiro atoms. The van der Waals surface area contributed by atoms with Gasteiger partial charge in [0.25, 0.3) is 5.91 Å². The highest BCUT2D eigenvalue weighted by Gasteiger charge is 2.34. The second kappa shape index (κ2) is 5.68. The maximum atomic E-state index is 13.0. The largest absolute Gasteiger partial charge is 0.337 e. The van der Waals surface area contributed by atoms with E-state index in [9.17, 15) is 4.79 Å². The molecule has 1 unspecified atom stereocenters. The minimum atomic E-state index is 0.101. The molecule has 2 saturated carbocycles. The van der Waals surface area contributed by atoms with Gasteiger partial charge in [-0.15, -0.1) is 10.2 Å². The first-order chi connectivity index (χ1) is 12.2. The SMILES string of the molecule is Cn1nc(C2CC2)cc1C(=O)N1CCCC(c2nncn2C2CC2)C1. The van der Waals surface area contributed by atoms with Crippen LogP contribution in [0.4, 0.5) is 0 Å². The number of carbonyl (C=O) groups excluding carboxylic acids is 1. The predicted octanol–water partition coefficient (Wildman–Crippen LogP) is 2.24. The lowest BCUT2D eigenvalue weighted by Crippen LogP contribution is -2.40. The van der Waals surface area contributed by atoms with Crippen LogP contribution in [0.5, 0.6) is 0 Å². The molecule has 2 aromatic heterocycles. The first kappa shape index (κ1) is 15.1. The lowest BCUT2D eigenvalue weighted by molar-refractivity contribution is 0.0692. The molecule has 0 bridgehead atoms. The zero-order valence-corrected chi connectivity index (χ0v) is 14.6. The maximum absolute atomic E-state index is 13.0. The minimum absolute atomic E-state index is 0.101. The number of amides is 1. The molecule has 2 aromatic rings. The van der Waals surface area contributed by atoms with Crippen molar-refractivity contribution in [3.8, 4) is 0 Å². The molecule has 5 rings (SSSR count). The topological polar surface area (TPSA) is 68.8 Å². The van der Waals surface area contributed by atoms with Gasteiger partial charge in [0.2, 0.25) is 0 Å². The molecule has 0 N–H and O–H groups in total. The summed E-state index contributed by atoms with van der Waals surface area (Å²) in [6.07, 6.45) is 8.80. The van der Waals surface area contributed by atoms with Crippen LogP contribution in [0.2, 0.25) is 0 Å². The normalized spacial score (nSPS) is 23.9. The van der Waals surface area contributed by atoms with E-state index in [1.165, 1.54) is 25.7 Å². The number of carbonyl (C=O) groups is 1. The Morgan fingerprint density at radius 1 is 1.16 bits per heavy atom. The number of hydrogen-bond donors (Lipinski definition) is 0. The molecule has 1 atom stereocenters. The monoisotopic (exact) mass is 340 g/mol. The Kier molecular flexibility index (Phi) is 3.43. The van der Waals surface area contributed by atoms with E-state index in [1.54, 1.807) is 4.68 Å². The highest BCUT2D eigenvalue weighted by atomic mass is 16.2. The zero-order chi connectivity index (χ0) is 17.0. The quantitative estimate of drug-likeness (QED) is 0.856. The second-order valence-corrected chi connectivity index (χ2v) is 7.77. The van der Waals surface area contributed by atoms with Crippen LogP contribution < -0.4 is 0 Å². The molecular formula is C18H24N6O. The van der Waals surface area contributed by atoms with E-state index < -0.39 is 0 Å². The van der Waals surface area contributed by atoms with Crippen molar-refractivity contribution in [3.05, 3.63) is 29.6 Å². The molecule has 1 saturated heterocycles. The van der Waals surface area contributed by atoms with Crippen LogP contribution in [0, 0.1) is 0 Å². The molecule has 3 aliphatic rings. The molecule has 132 valence electrons. The number of aromatic nitrogens is 5. The van der Waals surface area contributed by atoms with Crippen molar-refractivity contribution in [3.63, 3.8) is 0 Å². The van der Waals surface area contributed by atoms with Crippen molar-refractivity contribution in [1.82, 2.24) is 29.4 Å². The molecule has 1 aliphatic heterocycles. The van der Waals surface area contributed by atoms with Crippen molar-refractivity contribution < 1.29 is 4.79 Å². The van der Waals surface area contributed by atoms with E-state index >= 15 is 0 Å². The van der Waals surface area contributed by atoms with Crippen LogP contribution in [0.1, 0.15) is 78.4 Å². The van der Waals surface area contributed by atoms with Gasteiger partial charge in [-0.3, -0.25) is 9.48 Å². The third-order valence-electron chi connectivity index (χ3n) is 5.73. The zero-order valence-electron chi connectivity index (χ0n) is 14.6. The summed E-state index contributed by atoms with van der Waals surface area (Å²) in [5.74, 6) is 2.02. The van der Waals surface area contributed by atoms with Gasteiger partial charge in [0, 0.05) is 38.0 Å². The van der Waals surface area contributed by atoms with E-state index in [0.29, 0.717) is 17.7 Å². The van der Waals surface area contributed by atoms with Crippen LogP contribution in [0.25, 0.3) is 0 Å². The number of aryl methyl sites for hydroxylation is 1. The fourth-order valence-electron chi connectivity index (χ4n) is 3.98. The maximum Gasteiger partial charge on any atom is 0.272 e. The van der Waals surface area contributed by atoms with Crippen molar-refractivity contribution in [2.45, 2.75) is 56.4 Å². The summed E-state index contributed by atoms with van der Waals surface area (Å²) in [7, 11) is 1.88. The van der Waals surface area contributed by atoms with E-state index in [1.807, 2.05) is 24.3 Å². The third-order valence-corrected chi connectivity index (χ3v) is 5.73. The Balaban J connectivity index is 1.35. The summed E-state index contributed by atoms with van der Waals surface area (Å²) in [5, 5.41) is 13.0. The van der Waals surface area contributed by atoms with Crippen LogP contribution in [-0.2, 0) is 7.05 Å². The van der Waals surface area contributed by atoms with E-state index in [4.69, 9.17) is 0 Å². The molecule has 1 amide bonds. The van der Waals surface area contributed by atoms with Gasteiger partial charge in [0.05, 0.1) is 5.69 Å². The van der Waals surface area contributed by atoms with Gasteiger partial charge in [0.1, 0.15) is 17.8 Å². The van der Waals surface area contributed by atoms with Crippen LogP contribution in [0.3, 0.4) is 0 Å². The smallest absolute Gasteiger partial charge is 0.272 e. The Hall–Kier alpha value is -2.18. The van der Waals surface area contributed by atoms with Gasteiger partial charge in [-0.2, -0.15) is 5.10 Å². The molecule has 2 aliphatic carbocycles. The fourth-order valence-corrected chi connectivity index (χ4v) is 3.98. The number of piperidine rings is 1. The van der Waals surface area contributed by atoms with Crippen LogP contribution >= 0.6 is 0 Å². The third kappa shape index (κ3) is 2.75. The number of hydrogen-bond acceptors (Lipinski definition) is 4. The van der Waals surface area contributed by atoms with Gasteiger partial charge < -0.3 is 9.47 Å². The fraction of sp³-hybridized carbons (Fsp3) is 0.667. The molecule has 3 fully saturated rings. The van der Waals surface area contributed by atoms with Crippen molar-refractivity contribution in [2.24, 2.45) is 7.05 Å². The van der Waals surface area contributed by atoms with Crippen molar-refractivity contribution in [2.75, 3.05) is 13.1 Å². The molecule has 0 aromatic carbocycles.